The molecule has 1 amide bonds. The molecule has 118 valence electrons. The maximum Gasteiger partial charge on any atom is 0.418 e. The second kappa shape index (κ2) is 7.72. The zero-order valence-electron chi connectivity index (χ0n) is 11.6. The van der Waals surface area contributed by atoms with E-state index in [0.717, 1.165) is 6.07 Å². The number of rotatable bonds is 7. The van der Waals surface area contributed by atoms with Crippen LogP contribution in [-0.2, 0) is 15.7 Å². The van der Waals surface area contributed by atoms with Gasteiger partial charge in [0.25, 0.3) is 0 Å². The lowest BCUT2D eigenvalue weighted by molar-refractivity contribution is -0.136. The molecule has 0 radical (unpaired) electrons. The maximum absolute atomic E-state index is 12.8. The minimum atomic E-state index is -4.50. The highest BCUT2D eigenvalue weighted by Crippen LogP contribution is 2.35. The Labute approximate surface area is 120 Å². The first kappa shape index (κ1) is 17.1. The Balaban J connectivity index is 2.54. The van der Waals surface area contributed by atoms with Gasteiger partial charge in [-0.3, -0.25) is 4.79 Å². The Bertz CT molecular complexity index is 478. The topological polar surface area (TPSA) is 76.4 Å². The second-order valence-electron chi connectivity index (χ2n) is 4.32. The summed E-state index contributed by atoms with van der Waals surface area (Å²) in [6, 6.07) is 3.48. The van der Waals surface area contributed by atoms with E-state index >= 15 is 0 Å². The summed E-state index contributed by atoms with van der Waals surface area (Å²) >= 11 is 0. The van der Waals surface area contributed by atoms with Crippen molar-refractivity contribution in [2.45, 2.75) is 12.6 Å². The predicted octanol–water partition coefficient (Wildman–Crippen LogP) is 1.85. The number of methoxy groups -OCH3 is 1. The molecule has 5 nitrogen and oxygen atoms in total. The highest BCUT2D eigenvalue weighted by atomic mass is 19.4. The van der Waals surface area contributed by atoms with Crippen molar-refractivity contribution in [2.75, 3.05) is 37.9 Å². The standard InChI is InChI=1S/C13H18F3N3O2/c1-21-7-6-19-12(20)4-5-18-11-3-2-9(17)8-10(11)13(14,15)16/h2-3,8,18H,4-7,17H2,1H3,(H,19,20). The van der Waals surface area contributed by atoms with Crippen LogP contribution in [0.5, 0.6) is 0 Å². The Morgan fingerprint density at radius 3 is 2.67 bits per heavy atom. The van der Waals surface area contributed by atoms with E-state index < -0.39 is 11.7 Å². The molecule has 1 rings (SSSR count). The lowest BCUT2D eigenvalue weighted by Gasteiger charge is -2.15. The number of alkyl halides is 3. The van der Waals surface area contributed by atoms with Crippen molar-refractivity contribution < 1.29 is 22.7 Å². The van der Waals surface area contributed by atoms with Gasteiger partial charge in [-0.15, -0.1) is 0 Å². The van der Waals surface area contributed by atoms with Gasteiger partial charge in [-0.05, 0) is 18.2 Å². The van der Waals surface area contributed by atoms with Crippen LogP contribution < -0.4 is 16.4 Å². The van der Waals surface area contributed by atoms with Crippen LogP contribution in [0.15, 0.2) is 18.2 Å². The van der Waals surface area contributed by atoms with Gasteiger partial charge in [0, 0.05) is 38.0 Å². The minimum absolute atomic E-state index is 0.0326. The van der Waals surface area contributed by atoms with E-state index in [-0.39, 0.29) is 30.2 Å². The molecule has 0 aliphatic rings. The molecular formula is C13H18F3N3O2. The van der Waals surface area contributed by atoms with Crippen LogP contribution in [0.3, 0.4) is 0 Å². The fourth-order valence-electron chi connectivity index (χ4n) is 1.64. The Hall–Kier alpha value is -1.96. The van der Waals surface area contributed by atoms with Gasteiger partial charge in [0.1, 0.15) is 0 Å². The van der Waals surface area contributed by atoms with E-state index in [1.165, 1.54) is 19.2 Å². The summed E-state index contributed by atoms with van der Waals surface area (Å²) in [4.78, 5) is 11.4. The fraction of sp³-hybridized carbons (Fsp3) is 0.462. The van der Waals surface area contributed by atoms with Crippen molar-refractivity contribution in [2.24, 2.45) is 0 Å². The smallest absolute Gasteiger partial charge is 0.399 e. The van der Waals surface area contributed by atoms with Gasteiger partial charge in [0.2, 0.25) is 5.91 Å². The molecule has 21 heavy (non-hydrogen) atoms. The van der Waals surface area contributed by atoms with E-state index in [0.29, 0.717) is 13.2 Å². The predicted molar refractivity (Wildman–Crippen MR) is 73.8 cm³/mol. The van der Waals surface area contributed by atoms with Crippen molar-refractivity contribution in [3.63, 3.8) is 0 Å². The SMILES string of the molecule is COCCNC(=O)CCNc1ccc(N)cc1C(F)(F)F. The molecular weight excluding hydrogens is 287 g/mol. The van der Waals surface area contributed by atoms with Crippen LogP contribution >= 0.6 is 0 Å². The van der Waals surface area contributed by atoms with Gasteiger partial charge in [-0.2, -0.15) is 13.2 Å². The van der Waals surface area contributed by atoms with Gasteiger partial charge in [0.05, 0.1) is 12.2 Å². The third-order valence-corrected chi connectivity index (χ3v) is 2.64. The molecule has 0 aliphatic carbocycles. The number of carbonyl (C=O) groups is 1. The zero-order chi connectivity index (χ0) is 15.9. The average Bonchev–Trinajstić information content (AvgIpc) is 2.39. The van der Waals surface area contributed by atoms with Gasteiger partial charge < -0.3 is 21.1 Å². The quantitative estimate of drug-likeness (QED) is 0.531. The van der Waals surface area contributed by atoms with Crippen molar-refractivity contribution in [3.8, 4) is 0 Å². The number of carbonyl (C=O) groups excluding carboxylic acids is 1. The molecule has 0 bridgehead atoms. The van der Waals surface area contributed by atoms with E-state index in [1.54, 1.807) is 0 Å². The van der Waals surface area contributed by atoms with Crippen LogP contribution in [0, 0.1) is 0 Å². The molecule has 0 heterocycles. The molecule has 0 atom stereocenters. The average molecular weight is 305 g/mol. The maximum atomic E-state index is 12.8. The van der Waals surface area contributed by atoms with Crippen LogP contribution in [0.2, 0.25) is 0 Å². The Morgan fingerprint density at radius 1 is 1.33 bits per heavy atom. The highest BCUT2D eigenvalue weighted by molar-refractivity contribution is 5.76. The number of nitrogens with two attached hydrogens (primary N) is 1. The number of hydrogen-bond donors (Lipinski definition) is 3. The number of halogens is 3. The fourth-order valence-corrected chi connectivity index (χ4v) is 1.64. The molecule has 8 heteroatoms. The number of ether oxygens (including phenoxy) is 1. The number of amides is 1. The first-order chi connectivity index (χ1) is 9.84. The summed E-state index contributed by atoms with van der Waals surface area (Å²) in [5, 5.41) is 5.18. The summed E-state index contributed by atoms with van der Waals surface area (Å²) in [6.07, 6.45) is -4.44. The van der Waals surface area contributed by atoms with E-state index in [1.807, 2.05) is 0 Å². The highest BCUT2D eigenvalue weighted by Gasteiger charge is 2.33. The zero-order valence-corrected chi connectivity index (χ0v) is 11.6. The lowest BCUT2D eigenvalue weighted by atomic mass is 10.1. The van der Waals surface area contributed by atoms with Gasteiger partial charge in [-0.1, -0.05) is 0 Å². The number of benzene rings is 1. The molecule has 0 aliphatic heterocycles. The monoisotopic (exact) mass is 305 g/mol. The van der Waals surface area contributed by atoms with Gasteiger partial charge >= 0.3 is 6.18 Å². The van der Waals surface area contributed by atoms with E-state index in [2.05, 4.69) is 10.6 Å². The first-order valence-corrected chi connectivity index (χ1v) is 6.31. The normalized spacial score (nSPS) is 11.2. The molecule has 0 spiro atoms. The molecule has 1 aromatic carbocycles. The molecule has 4 N–H and O–H groups in total. The lowest BCUT2D eigenvalue weighted by Crippen LogP contribution is -2.28. The molecule has 0 unspecified atom stereocenters. The van der Waals surface area contributed by atoms with Gasteiger partial charge in [0.15, 0.2) is 0 Å². The third kappa shape index (κ3) is 5.90. The van der Waals surface area contributed by atoms with Crippen molar-refractivity contribution >= 4 is 17.3 Å². The summed E-state index contributed by atoms with van der Waals surface area (Å²) in [5.74, 6) is -0.261. The molecule has 0 aromatic heterocycles. The summed E-state index contributed by atoms with van der Waals surface area (Å²) in [7, 11) is 1.51. The number of nitrogens with one attached hydrogen (secondary N) is 2. The number of anilines is 2. The van der Waals surface area contributed by atoms with Crippen LogP contribution in [-0.4, -0.2) is 32.7 Å². The van der Waals surface area contributed by atoms with Crippen molar-refractivity contribution in [3.05, 3.63) is 23.8 Å². The van der Waals surface area contributed by atoms with E-state index in [4.69, 9.17) is 10.5 Å². The molecule has 0 fully saturated rings. The van der Waals surface area contributed by atoms with Crippen LogP contribution in [0.4, 0.5) is 24.5 Å². The molecule has 0 saturated carbocycles. The van der Waals surface area contributed by atoms with Gasteiger partial charge in [-0.25, -0.2) is 0 Å². The van der Waals surface area contributed by atoms with Crippen LogP contribution in [0.25, 0.3) is 0 Å². The molecule has 0 saturated heterocycles. The third-order valence-electron chi connectivity index (χ3n) is 2.64. The number of hydrogen-bond acceptors (Lipinski definition) is 4. The number of nitrogen functional groups attached to an aromatic ring is 1. The Morgan fingerprint density at radius 2 is 2.05 bits per heavy atom. The minimum Gasteiger partial charge on any atom is -0.399 e. The Kier molecular flexibility index (Phi) is 6.29. The van der Waals surface area contributed by atoms with Crippen molar-refractivity contribution in [1.29, 1.82) is 0 Å². The summed E-state index contributed by atoms with van der Waals surface area (Å²) in [5.41, 5.74) is 4.46. The van der Waals surface area contributed by atoms with E-state index in [9.17, 15) is 18.0 Å². The summed E-state index contributed by atoms with van der Waals surface area (Å²) < 4.78 is 43.3. The van der Waals surface area contributed by atoms with Crippen molar-refractivity contribution in [1.82, 2.24) is 5.32 Å². The largest absolute Gasteiger partial charge is 0.418 e. The second-order valence-corrected chi connectivity index (χ2v) is 4.32. The van der Waals surface area contributed by atoms with Crippen LogP contribution in [0.1, 0.15) is 12.0 Å². The summed E-state index contributed by atoms with van der Waals surface area (Å²) in [6.45, 7) is 0.839. The first-order valence-electron chi connectivity index (χ1n) is 6.31. The molecule has 1 aromatic rings.